The van der Waals surface area contributed by atoms with Crippen molar-refractivity contribution in [1.82, 2.24) is 10.2 Å². The molecule has 6 heteroatoms. The highest BCUT2D eigenvalue weighted by molar-refractivity contribution is 7.80. The number of hydrogen-bond donors (Lipinski definition) is 1. The molecule has 0 saturated carbocycles. The summed E-state index contributed by atoms with van der Waals surface area (Å²) in [7, 11) is 1.63. The number of ether oxygens (including phenoxy) is 2. The lowest BCUT2D eigenvalue weighted by atomic mass is 9.84. The summed E-state index contributed by atoms with van der Waals surface area (Å²) >= 11 is 5.58. The monoisotopic (exact) mass is 374 g/mol. The lowest BCUT2D eigenvalue weighted by Crippen LogP contribution is -2.49. The number of rotatable bonds is 6. The van der Waals surface area contributed by atoms with Crippen LogP contribution in [-0.2, 0) is 4.79 Å². The molecule has 0 fully saturated rings. The third-order valence-electron chi connectivity index (χ3n) is 4.86. The number of nitrogens with zero attached hydrogens (tertiary/aromatic N) is 1. The Morgan fingerprint density at radius 1 is 1.27 bits per heavy atom. The van der Waals surface area contributed by atoms with Crippen LogP contribution in [0.25, 0.3) is 0 Å². The van der Waals surface area contributed by atoms with Crippen LogP contribution in [0.4, 0.5) is 0 Å². The van der Waals surface area contributed by atoms with Gasteiger partial charge in [0.25, 0.3) is 0 Å². The molecule has 1 heterocycles. The van der Waals surface area contributed by atoms with Crippen molar-refractivity contribution in [2.24, 2.45) is 0 Å². The van der Waals surface area contributed by atoms with E-state index in [-0.39, 0.29) is 11.8 Å². The van der Waals surface area contributed by atoms with E-state index in [1.807, 2.05) is 18.2 Å². The predicted molar refractivity (Wildman–Crippen MR) is 106 cm³/mol. The molecule has 1 N–H and O–H groups in total. The normalized spacial score (nSPS) is 20.0. The van der Waals surface area contributed by atoms with E-state index >= 15 is 0 Å². The van der Waals surface area contributed by atoms with Gasteiger partial charge >= 0.3 is 0 Å². The number of ketones is 1. The fraction of sp³-hybridized carbons (Fsp3) is 0.500. The quantitative estimate of drug-likeness (QED) is 0.766. The highest BCUT2D eigenvalue weighted by atomic mass is 32.1. The molecule has 0 spiro atoms. The summed E-state index contributed by atoms with van der Waals surface area (Å²) in [6.45, 7) is 5.50. The zero-order valence-electron chi connectivity index (χ0n) is 15.6. The van der Waals surface area contributed by atoms with E-state index in [0.717, 1.165) is 42.6 Å². The molecule has 0 bridgehead atoms. The summed E-state index contributed by atoms with van der Waals surface area (Å²) in [5.74, 6) is 1.60. The Balaban J connectivity index is 2.04. The van der Waals surface area contributed by atoms with Gasteiger partial charge in [-0.2, -0.15) is 0 Å². The number of thiocarbonyl (C=S) groups is 1. The SMILES string of the molecule is CCCOc1cc(C2NC(=S)N(CC)C3=C2C(=O)CCC3)ccc1OC. The number of carbonyl (C=O) groups excluding carboxylic acids is 1. The minimum Gasteiger partial charge on any atom is -0.493 e. The van der Waals surface area contributed by atoms with Crippen molar-refractivity contribution < 1.29 is 14.3 Å². The van der Waals surface area contributed by atoms with E-state index in [4.69, 9.17) is 21.7 Å². The number of nitrogens with one attached hydrogen (secondary N) is 1. The van der Waals surface area contributed by atoms with Crippen LogP contribution in [-0.4, -0.2) is 36.1 Å². The van der Waals surface area contributed by atoms with E-state index in [1.165, 1.54) is 0 Å². The molecule has 5 nitrogen and oxygen atoms in total. The summed E-state index contributed by atoms with van der Waals surface area (Å²) in [5, 5.41) is 4.04. The molecule has 1 aromatic carbocycles. The topological polar surface area (TPSA) is 50.8 Å². The lowest BCUT2D eigenvalue weighted by molar-refractivity contribution is -0.116. The van der Waals surface area contributed by atoms with Crippen LogP contribution in [0.1, 0.15) is 51.1 Å². The van der Waals surface area contributed by atoms with Gasteiger partial charge in [-0.15, -0.1) is 0 Å². The van der Waals surface area contributed by atoms with Crippen LogP contribution >= 0.6 is 12.2 Å². The third-order valence-corrected chi connectivity index (χ3v) is 5.19. The molecule has 0 aromatic heterocycles. The number of allylic oxidation sites excluding steroid dienone is 1. The Hall–Kier alpha value is -2.08. The smallest absolute Gasteiger partial charge is 0.173 e. The van der Waals surface area contributed by atoms with Gasteiger partial charge in [0.05, 0.1) is 19.8 Å². The molecule has 0 amide bonds. The lowest BCUT2D eigenvalue weighted by Gasteiger charge is -2.40. The first-order chi connectivity index (χ1) is 12.6. The molecule has 2 aliphatic rings. The maximum Gasteiger partial charge on any atom is 0.173 e. The van der Waals surface area contributed by atoms with Gasteiger partial charge < -0.3 is 19.7 Å². The molecule has 1 aromatic rings. The third kappa shape index (κ3) is 3.43. The standard InChI is InChI=1S/C20H26N2O3S/c1-4-11-25-17-12-13(9-10-16(17)24-3)19-18-14(7-6-8-15(18)23)22(5-2)20(26)21-19/h9-10,12,19H,4-8,11H2,1-3H3,(H,21,26). The van der Waals surface area contributed by atoms with Crippen molar-refractivity contribution >= 4 is 23.1 Å². The first kappa shape index (κ1) is 18.7. The van der Waals surface area contributed by atoms with Gasteiger partial charge in [-0.25, -0.2) is 0 Å². The molecular weight excluding hydrogens is 348 g/mol. The van der Waals surface area contributed by atoms with Crippen LogP contribution in [0.5, 0.6) is 11.5 Å². The van der Waals surface area contributed by atoms with Gasteiger partial charge in [-0.3, -0.25) is 4.79 Å². The van der Waals surface area contributed by atoms with Crippen molar-refractivity contribution in [1.29, 1.82) is 0 Å². The van der Waals surface area contributed by atoms with E-state index in [9.17, 15) is 4.79 Å². The molecule has 1 atom stereocenters. The van der Waals surface area contributed by atoms with Crippen LogP contribution in [0, 0.1) is 0 Å². The first-order valence-corrected chi connectivity index (χ1v) is 9.66. The highest BCUT2D eigenvalue weighted by Gasteiger charge is 2.36. The number of carbonyl (C=O) groups is 1. The minimum absolute atomic E-state index is 0.205. The summed E-state index contributed by atoms with van der Waals surface area (Å²) in [5.41, 5.74) is 2.89. The van der Waals surface area contributed by atoms with Crippen LogP contribution in [0.3, 0.4) is 0 Å². The average molecular weight is 375 g/mol. The summed E-state index contributed by atoms with van der Waals surface area (Å²) in [4.78, 5) is 14.8. The molecule has 26 heavy (non-hydrogen) atoms. The van der Waals surface area contributed by atoms with Gasteiger partial charge in [-0.05, 0) is 56.1 Å². The second-order valence-corrected chi connectivity index (χ2v) is 6.91. The Morgan fingerprint density at radius 3 is 2.77 bits per heavy atom. The van der Waals surface area contributed by atoms with Gasteiger partial charge in [0, 0.05) is 24.2 Å². The largest absolute Gasteiger partial charge is 0.493 e. The van der Waals surface area contributed by atoms with Crippen molar-refractivity contribution in [3.05, 3.63) is 35.0 Å². The Labute approximate surface area is 160 Å². The molecule has 0 saturated heterocycles. The fourth-order valence-electron chi connectivity index (χ4n) is 3.63. The molecule has 1 aliphatic carbocycles. The van der Waals surface area contributed by atoms with Crippen molar-refractivity contribution in [3.8, 4) is 11.5 Å². The molecule has 1 unspecified atom stereocenters. The molecule has 140 valence electrons. The van der Waals surface area contributed by atoms with Gasteiger partial charge in [0.2, 0.25) is 0 Å². The Kier molecular flexibility index (Phi) is 5.81. The van der Waals surface area contributed by atoms with E-state index in [0.29, 0.717) is 29.6 Å². The Bertz CT molecular complexity index is 745. The number of benzene rings is 1. The summed E-state index contributed by atoms with van der Waals surface area (Å²) in [6.07, 6.45) is 3.29. The number of methoxy groups -OCH3 is 1. The maximum atomic E-state index is 12.7. The van der Waals surface area contributed by atoms with E-state index < -0.39 is 0 Å². The van der Waals surface area contributed by atoms with Crippen LogP contribution in [0.2, 0.25) is 0 Å². The fourth-order valence-corrected chi connectivity index (χ4v) is 3.99. The molecule has 3 rings (SSSR count). The number of Topliss-reactive ketones (excluding diaryl/α,β-unsaturated/α-hetero) is 1. The predicted octanol–water partition coefficient (Wildman–Crippen LogP) is 3.74. The molecule has 0 radical (unpaired) electrons. The van der Waals surface area contributed by atoms with Crippen molar-refractivity contribution in [2.75, 3.05) is 20.3 Å². The van der Waals surface area contributed by atoms with Gasteiger partial charge in [0.1, 0.15) is 0 Å². The summed E-state index contributed by atoms with van der Waals surface area (Å²) < 4.78 is 11.3. The second kappa shape index (κ2) is 8.08. The second-order valence-electron chi connectivity index (χ2n) is 6.52. The molecular formula is C20H26N2O3S. The van der Waals surface area contributed by atoms with Crippen molar-refractivity contribution in [2.45, 2.75) is 45.6 Å². The van der Waals surface area contributed by atoms with Crippen LogP contribution < -0.4 is 14.8 Å². The van der Waals surface area contributed by atoms with Crippen molar-refractivity contribution in [3.63, 3.8) is 0 Å². The zero-order chi connectivity index (χ0) is 18.7. The zero-order valence-corrected chi connectivity index (χ0v) is 16.4. The number of hydrogen-bond acceptors (Lipinski definition) is 4. The van der Waals surface area contributed by atoms with Gasteiger partial charge in [-0.1, -0.05) is 13.0 Å². The first-order valence-electron chi connectivity index (χ1n) is 9.25. The van der Waals surface area contributed by atoms with E-state index in [1.54, 1.807) is 7.11 Å². The Morgan fingerprint density at radius 2 is 2.08 bits per heavy atom. The summed E-state index contributed by atoms with van der Waals surface area (Å²) in [6, 6.07) is 5.60. The highest BCUT2D eigenvalue weighted by Crippen LogP contribution is 2.39. The maximum absolute atomic E-state index is 12.7. The molecule has 1 aliphatic heterocycles. The van der Waals surface area contributed by atoms with Crippen LogP contribution in [0.15, 0.2) is 29.5 Å². The van der Waals surface area contributed by atoms with Gasteiger partial charge in [0.15, 0.2) is 22.4 Å². The van der Waals surface area contributed by atoms with E-state index in [2.05, 4.69) is 24.1 Å². The minimum atomic E-state index is -0.233. The average Bonchev–Trinajstić information content (AvgIpc) is 2.65.